The zero-order valence-corrected chi connectivity index (χ0v) is 13.5. The minimum atomic E-state index is -0.627. The number of carbonyl (C=O) groups is 3. The second-order valence-corrected chi connectivity index (χ2v) is 6.34. The van der Waals surface area contributed by atoms with Crippen LogP contribution < -0.4 is 0 Å². The largest absolute Gasteiger partial charge is 0.334 e. The molecular formula is C19H17NO4. The van der Waals surface area contributed by atoms with Crippen LogP contribution >= 0.6 is 0 Å². The van der Waals surface area contributed by atoms with Gasteiger partial charge in [-0.15, -0.1) is 0 Å². The monoisotopic (exact) mass is 323 g/mol. The number of benzene rings is 2. The van der Waals surface area contributed by atoms with Crippen molar-refractivity contribution in [1.29, 1.82) is 0 Å². The van der Waals surface area contributed by atoms with E-state index in [9.17, 15) is 14.4 Å². The third-order valence-electron chi connectivity index (χ3n) is 4.09. The lowest BCUT2D eigenvalue weighted by Crippen LogP contribution is -2.34. The molecule has 0 N–H and O–H groups in total. The number of hydrogen-bond donors (Lipinski definition) is 0. The number of hydrogen-bond acceptors (Lipinski definition) is 4. The molecule has 0 unspecified atom stereocenters. The Morgan fingerprint density at radius 2 is 1.42 bits per heavy atom. The van der Waals surface area contributed by atoms with Gasteiger partial charge in [0.25, 0.3) is 11.8 Å². The number of fused-ring (bicyclic) bond motifs is 1. The molecule has 1 aliphatic rings. The van der Waals surface area contributed by atoms with Crippen LogP contribution in [0.1, 0.15) is 46.5 Å². The van der Waals surface area contributed by atoms with Gasteiger partial charge in [0.1, 0.15) is 0 Å². The van der Waals surface area contributed by atoms with Gasteiger partial charge >= 0.3 is 5.97 Å². The quantitative estimate of drug-likeness (QED) is 0.811. The molecule has 0 saturated heterocycles. The van der Waals surface area contributed by atoms with Crippen LogP contribution in [0, 0.1) is 0 Å². The number of amides is 2. The minimum absolute atomic E-state index is 0.0461. The van der Waals surface area contributed by atoms with E-state index < -0.39 is 23.2 Å². The highest BCUT2D eigenvalue weighted by Gasteiger charge is 2.39. The van der Waals surface area contributed by atoms with Crippen molar-refractivity contribution in [2.75, 3.05) is 0 Å². The van der Waals surface area contributed by atoms with Crippen molar-refractivity contribution in [3.05, 3.63) is 71.3 Å². The van der Waals surface area contributed by atoms with E-state index in [-0.39, 0.29) is 17.5 Å². The summed E-state index contributed by atoms with van der Waals surface area (Å²) in [7, 11) is 0. The molecule has 0 saturated carbocycles. The van der Waals surface area contributed by atoms with E-state index in [1.165, 1.54) is 12.1 Å². The van der Waals surface area contributed by atoms with Crippen molar-refractivity contribution in [1.82, 2.24) is 5.06 Å². The molecule has 3 rings (SSSR count). The van der Waals surface area contributed by atoms with Crippen molar-refractivity contribution in [2.24, 2.45) is 0 Å². The summed E-state index contributed by atoms with van der Waals surface area (Å²) in [5.74, 6) is -1.85. The summed E-state index contributed by atoms with van der Waals surface area (Å²) < 4.78 is 0. The molecule has 0 radical (unpaired) electrons. The van der Waals surface area contributed by atoms with Crippen LogP contribution in [0.25, 0.3) is 0 Å². The Bertz CT molecular complexity index is 776. The third-order valence-corrected chi connectivity index (χ3v) is 4.09. The van der Waals surface area contributed by atoms with E-state index in [4.69, 9.17) is 4.84 Å². The highest BCUT2D eigenvalue weighted by atomic mass is 16.7. The van der Waals surface area contributed by atoms with Gasteiger partial charge in [0.15, 0.2) is 0 Å². The van der Waals surface area contributed by atoms with E-state index in [2.05, 4.69) is 0 Å². The Morgan fingerprint density at radius 1 is 0.917 bits per heavy atom. The van der Waals surface area contributed by atoms with Crippen LogP contribution in [-0.2, 0) is 15.0 Å². The van der Waals surface area contributed by atoms with Crippen molar-refractivity contribution in [3.8, 4) is 0 Å². The lowest BCUT2D eigenvalue weighted by Gasteiger charge is -2.24. The number of carbonyl (C=O) groups excluding carboxylic acids is 3. The predicted octanol–water partition coefficient (Wildman–Crippen LogP) is 3.11. The van der Waals surface area contributed by atoms with Crippen LogP contribution in [0.2, 0.25) is 0 Å². The molecule has 1 heterocycles. The number of imide groups is 1. The van der Waals surface area contributed by atoms with Gasteiger partial charge in [0, 0.05) is 5.41 Å². The van der Waals surface area contributed by atoms with Crippen molar-refractivity contribution < 1.29 is 19.2 Å². The zero-order valence-electron chi connectivity index (χ0n) is 13.5. The van der Waals surface area contributed by atoms with E-state index >= 15 is 0 Å². The van der Waals surface area contributed by atoms with Crippen LogP contribution in [0.5, 0.6) is 0 Å². The second kappa shape index (κ2) is 5.92. The molecule has 0 fully saturated rings. The summed E-state index contributed by atoms with van der Waals surface area (Å²) in [6.45, 7) is 3.82. The third kappa shape index (κ3) is 2.80. The molecular weight excluding hydrogens is 306 g/mol. The Hall–Kier alpha value is -2.95. The Morgan fingerprint density at radius 3 is 1.96 bits per heavy atom. The van der Waals surface area contributed by atoms with Gasteiger partial charge < -0.3 is 4.84 Å². The smallest absolute Gasteiger partial charge is 0.330 e. The molecule has 0 aromatic heterocycles. The maximum Gasteiger partial charge on any atom is 0.334 e. The van der Waals surface area contributed by atoms with Crippen molar-refractivity contribution in [3.63, 3.8) is 0 Å². The van der Waals surface area contributed by atoms with E-state index in [0.717, 1.165) is 5.56 Å². The minimum Gasteiger partial charge on any atom is -0.330 e. The Labute approximate surface area is 139 Å². The Kier molecular flexibility index (Phi) is 3.93. The lowest BCUT2D eigenvalue weighted by molar-refractivity contribution is -0.169. The van der Waals surface area contributed by atoms with E-state index in [1.807, 2.05) is 44.2 Å². The SMILES string of the molecule is CC(C)(CC(=O)ON1C(=O)c2ccccc2C1=O)c1ccccc1. The second-order valence-electron chi connectivity index (χ2n) is 6.34. The van der Waals surface area contributed by atoms with Crippen LogP contribution in [-0.4, -0.2) is 22.8 Å². The lowest BCUT2D eigenvalue weighted by atomic mass is 9.82. The van der Waals surface area contributed by atoms with Gasteiger partial charge in [0.05, 0.1) is 17.5 Å². The predicted molar refractivity (Wildman–Crippen MR) is 87.1 cm³/mol. The average molecular weight is 323 g/mol. The van der Waals surface area contributed by atoms with E-state index in [0.29, 0.717) is 5.06 Å². The zero-order chi connectivity index (χ0) is 17.3. The van der Waals surface area contributed by atoms with Crippen LogP contribution in [0.3, 0.4) is 0 Å². The first kappa shape index (κ1) is 15.9. The molecule has 1 aliphatic heterocycles. The molecule has 2 aromatic carbocycles. The number of rotatable bonds is 4. The first-order valence-electron chi connectivity index (χ1n) is 7.64. The summed E-state index contributed by atoms with van der Waals surface area (Å²) in [5, 5.41) is 0.550. The van der Waals surface area contributed by atoms with Gasteiger partial charge in [0.2, 0.25) is 0 Å². The summed E-state index contributed by atoms with van der Waals surface area (Å²) in [5.41, 5.74) is 0.997. The maximum absolute atomic E-state index is 12.3. The summed E-state index contributed by atoms with van der Waals surface area (Å²) >= 11 is 0. The summed E-state index contributed by atoms with van der Waals surface area (Å²) in [6, 6.07) is 15.9. The van der Waals surface area contributed by atoms with Crippen LogP contribution in [0.4, 0.5) is 0 Å². The van der Waals surface area contributed by atoms with Crippen molar-refractivity contribution in [2.45, 2.75) is 25.7 Å². The fourth-order valence-electron chi connectivity index (χ4n) is 2.74. The maximum atomic E-state index is 12.3. The van der Waals surface area contributed by atoms with Crippen LogP contribution in [0.15, 0.2) is 54.6 Å². The fraction of sp³-hybridized carbons (Fsp3) is 0.211. The van der Waals surface area contributed by atoms with E-state index in [1.54, 1.807) is 12.1 Å². The molecule has 0 atom stereocenters. The normalized spacial score (nSPS) is 13.8. The number of hydroxylamine groups is 2. The number of nitrogens with zero attached hydrogens (tertiary/aromatic N) is 1. The van der Waals surface area contributed by atoms with Gasteiger partial charge in [-0.05, 0) is 17.7 Å². The standard InChI is InChI=1S/C19H17NO4/c1-19(2,13-8-4-3-5-9-13)12-16(21)24-20-17(22)14-10-6-7-11-15(14)18(20)23/h3-11H,12H2,1-2H3. The topological polar surface area (TPSA) is 63.7 Å². The molecule has 0 spiro atoms. The average Bonchev–Trinajstić information content (AvgIpc) is 2.81. The molecule has 0 aliphatic carbocycles. The molecule has 24 heavy (non-hydrogen) atoms. The first-order valence-corrected chi connectivity index (χ1v) is 7.64. The summed E-state index contributed by atoms with van der Waals surface area (Å²) in [4.78, 5) is 41.7. The highest BCUT2D eigenvalue weighted by molar-refractivity contribution is 6.20. The van der Waals surface area contributed by atoms with Gasteiger partial charge in [-0.25, -0.2) is 4.79 Å². The first-order chi connectivity index (χ1) is 11.4. The van der Waals surface area contributed by atoms with Gasteiger partial charge in [-0.1, -0.05) is 61.4 Å². The van der Waals surface area contributed by atoms with Gasteiger partial charge in [-0.2, -0.15) is 0 Å². The van der Waals surface area contributed by atoms with Gasteiger partial charge in [-0.3, -0.25) is 9.59 Å². The molecule has 0 bridgehead atoms. The molecule has 122 valence electrons. The van der Waals surface area contributed by atoms with Crippen molar-refractivity contribution >= 4 is 17.8 Å². The molecule has 2 aromatic rings. The summed E-state index contributed by atoms with van der Waals surface area (Å²) in [6.07, 6.45) is 0.0461. The Balaban J connectivity index is 1.72. The highest BCUT2D eigenvalue weighted by Crippen LogP contribution is 2.28. The molecule has 5 heteroatoms. The molecule has 2 amide bonds. The molecule has 5 nitrogen and oxygen atoms in total. The fourth-order valence-corrected chi connectivity index (χ4v) is 2.74.